The number of hydrogen-bond donors (Lipinski definition) is 1. The van der Waals surface area contributed by atoms with Gasteiger partial charge in [0.05, 0.1) is 15.5 Å². The van der Waals surface area contributed by atoms with E-state index in [1.54, 1.807) is 19.1 Å². The minimum absolute atomic E-state index is 0.0405. The highest BCUT2D eigenvalue weighted by molar-refractivity contribution is 9.10. The number of non-ortho nitro benzene ring substituents is 1. The van der Waals surface area contributed by atoms with Gasteiger partial charge < -0.3 is 5.11 Å². The molecule has 0 aliphatic heterocycles. The largest absolute Gasteiger partial charge is 0.481 e. The number of nitrogens with zero attached hydrogens (tertiary/aromatic N) is 2. The van der Waals surface area contributed by atoms with E-state index in [0.29, 0.717) is 10.0 Å². The summed E-state index contributed by atoms with van der Waals surface area (Å²) in [6, 6.07) is 9.93. The Kier molecular flexibility index (Phi) is 6.55. The number of sulfonamides is 1. The fraction of sp³-hybridized carbons (Fsp3) is 0.235. The number of halogens is 1. The van der Waals surface area contributed by atoms with Gasteiger partial charge in [0.2, 0.25) is 0 Å². The monoisotopic (exact) mass is 456 g/mol. The van der Waals surface area contributed by atoms with Crippen LogP contribution in [0.15, 0.2) is 51.8 Å². The first-order valence-electron chi connectivity index (χ1n) is 7.88. The second-order valence-corrected chi connectivity index (χ2v) is 8.53. The van der Waals surface area contributed by atoms with E-state index < -0.39 is 20.9 Å². The van der Waals surface area contributed by atoms with E-state index in [9.17, 15) is 23.3 Å². The van der Waals surface area contributed by atoms with Crippen LogP contribution < -0.4 is 4.31 Å². The number of nitro benzene ring substituents is 1. The fourth-order valence-electron chi connectivity index (χ4n) is 2.51. The zero-order valence-electron chi connectivity index (χ0n) is 14.3. The van der Waals surface area contributed by atoms with Gasteiger partial charge in [-0.25, -0.2) is 8.42 Å². The van der Waals surface area contributed by atoms with Gasteiger partial charge in [-0.15, -0.1) is 0 Å². The van der Waals surface area contributed by atoms with Gasteiger partial charge in [-0.1, -0.05) is 15.9 Å². The van der Waals surface area contributed by atoms with Gasteiger partial charge >= 0.3 is 5.97 Å². The highest BCUT2D eigenvalue weighted by Gasteiger charge is 2.27. The number of anilines is 1. The predicted octanol–water partition coefficient (Wildman–Crippen LogP) is 3.73. The molecule has 0 radical (unpaired) electrons. The average Bonchev–Trinajstić information content (AvgIpc) is 2.59. The van der Waals surface area contributed by atoms with Crippen LogP contribution in [0, 0.1) is 17.0 Å². The second-order valence-electron chi connectivity index (χ2n) is 5.76. The normalized spacial score (nSPS) is 11.2. The van der Waals surface area contributed by atoms with Gasteiger partial charge in [0.15, 0.2) is 0 Å². The summed E-state index contributed by atoms with van der Waals surface area (Å²) in [4.78, 5) is 21.2. The topological polar surface area (TPSA) is 118 Å². The van der Waals surface area contributed by atoms with Crippen LogP contribution in [0.25, 0.3) is 0 Å². The molecule has 1 N–H and O–H groups in total. The van der Waals surface area contributed by atoms with Crippen LogP contribution in [0.3, 0.4) is 0 Å². The molecule has 0 aromatic heterocycles. The van der Waals surface area contributed by atoms with Gasteiger partial charge in [0, 0.05) is 29.6 Å². The van der Waals surface area contributed by atoms with Crippen LogP contribution in [-0.4, -0.2) is 31.0 Å². The van der Waals surface area contributed by atoms with Crippen molar-refractivity contribution in [3.63, 3.8) is 0 Å². The van der Waals surface area contributed by atoms with Crippen molar-refractivity contribution in [1.29, 1.82) is 0 Å². The van der Waals surface area contributed by atoms with Crippen molar-refractivity contribution >= 4 is 43.3 Å². The lowest BCUT2D eigenvalue weighted by Gasteiger charge is -2.26. The molecule has 27 heavy (non-hydrogen) atoms. The Morgan fingerprint density at radius 2 is 1.85 bits per heavy atom. The SMILES string of the molecule is Cc1cc([N+](=O)[O-])ccc1N(CCCC(=O)O)S(=O)(=O)c1ccc(Br)cc1. The van der Waals surface area contributed by atoms with Crippen molar-refractivity contribution in [3.05, 3.63) is 62.6 Å². The van der Waals surface area contributed by atoms with Crippen LogP contribution in [-0.2, 0) is 14.8 Å². The van der Waals surface area contributed by atoms with E-state index in [2.05, 4.69) is 15.9 Å². The molecular formula is C17H17BrN2O6S. The number of hydrogen-bond acceptors (Lipinski definition) is 5. The smallest absolute Gasteiger partial charge is 0.303 e. The van der Waals surface area contributed by atoms with E-state index in [1.807, 2.05) is 0 Å². The molecule has 0 heterocycles. The number of benzene rings is 2. The number of nitro groups is 1. The summed E-state index contributed by atoms with van der Waals surface area (Å²) in [5.74, 6) is -1.03. The fourth-order valence-corrected chi connectivity index (χ4v) is 4.34. The van der Waals surface area contributed by atoms with E-state index in [-0.39, 0.29) is 35.7 Å². The van der Waals surface area contributed by atoms with E-state index in [4.69, 9.17) is 5.11 Å². The Bertz CT molecular complexity index is 960. The summed E-state index contributed by atoms with van der Waals surface area (Å²) in [5.41, 5.74) is 0.525. The Morgan fingerprint density at radius 3 is 2.37 bits per heavy atom. The van der Waals surface area contributed by atoms with Crippen molar-refractivity contribution in [3.8, 4) is 0 Å². The summed E-state index contributed by atoms with van der Waals surface area (Å²) < 4.78 is 28.0. The van der Waals surface area contributed by atoms with Gasteiger partial charge in [0.25, 0.3) is 15.7 Å². The van der Waals surface area contributed by atoms with Gasteiger partial charge in [-0.05, 0) is 49.2 Å². The highest BCUT2D eigenvalue weighted by atomic mass is 79.9. The van der Waals surface area contributed by atoms with E-state index in [0.717, 1.165) is 4.31 Å². The number of carboxylic acids is 1. The zero-order valence-corrected chi connectivity index (χ0v) is 16.7. The molecule has 10 heteroatoms. The first-order chi connectivity index (χ1) is 12.6. The minimum atomic E-state index is -3.97. The molecule has 0 atom stereocenters. The summed E-state index contributed by atoms with van der Waals surface area (Å²) in [6.45, 7) is 1.51. The van der Waals surface area contributed by atoms with Gasteiger partial charge in [0.1, 0.15) is 0 Å². The molecular weight excluding hydrogens is 440 g/mol. The summed E-state index contributed by atoms with van der Waals surface area (Å²) in [6.07, 6.45) is -0.0973. The third kappa shape index (κ3) is 5.04. The van der Waals surface area contributed by atoms with E-state index >= 15 is 0 Å². The molecule has 0 amide bonds. The quantitative estimate of drug-likeness (QED) is 0.477. The Balaban J connectivity index is 2.49. The maximum atomic E-state index is 13.1. The molecule has 0 aliphatic rings. The Morgan fingerprint density at radius 1 is 1.22 bits per heavy atom. The van der Waals surface area contributed by atoms with E-state index in [1.165, 1.54) is 30.3 Å². The van der Waals surface area contributed by atoms with Gasteiger partial charge in [-0.3, -0.25) is 19.2 Å². The van der Waals surface area contributed by atoms with Crippen molar-refractivity contribution in [2.45, 2.75) is 24.7 Å². The van der Waals surface area contributed by atoms with Crippen LogP contribution in [0.1, 0.15) is 18.4 Å². The second kappa shape index (κ2) is 8.49. The summed E-state index contributed by atoms with van der Waals surface area (Å²) in [7, 11) is -3.97. The molecule has 144 valence electrons. The molecule has 0 unspecified atom stereocenters. The van der Waals surface area contributed by atoms with Crippen LogP contribution >= 0.6 is 15.9 Å². The molecule has 0 bridgehead atoms. The molecule has 0 saturated heterocycles. The molecule has 0 saturated carbocycles. The standard InChI is InChI=1S/C17H17BrN2O6S/c1-12-11-14(20(23)24)6-9-16(12)19(10-2-3-17(21)22)27(25,26)15-7-4-13(18)5-8-15/h4-9,11H,2-3,10H2,1H3,(H,21,22). The van der Waals surface area contributed by atoms with Gasteiger partial charge in [-0.2, -0.15) is 0 Å². The van der Waals surface area contributed by atoms with Crippen molar-refractivity contribution < 1.29 is 23.2 Å². The number of aryl methyl sites for hydroxylation is 1. The number of carboxylic acid groups (broad SMARTS) is 1. The maximum Gasteiger partial charge on any atom is 0.303 e. The first kappa shape index (κ1) is 20.8. The molecule has 8 nitrogen and oxygen atoms in total. The lowest BCUT2D eigenvalue weighted by Crippen LogP contribution is -2.33. The van der Waals surface area contributed by atoms with Crippen LogP contribution in [0.2, 0.25) is 0 Å². The van der Waals surface area contributed by atoms with Crippen molar-refractivity contribution in [1.82, 2.24) is 0 Å². The third-order valence-corrected chi connectivity index (χ3v) is 6.17. The Hall–Kier alpha value is -2.46. The predicted molar refractivity (Wildman–Crippen MR) is 103 cm³/mol. The van der Waals surface area contributed by atoms with Crippen LogP contribution in [0.4, 0.5) is 11.4 Å². The average molecular weight is 457 g/mol. The Labute approximate surface area is 164 Å². The summed E-state index contributed by atoms with van der Waals surface area (Å²) >= 11 is 3.25. The highest BCUT2D eigenvalue weighted by Crippen LogP contribution is 2.30. The molecule has 0 fully saturated rings. The lowest BCUT2D eigenvalue weighted by atomic mass is 10.1. The molecule has 2 aromatic rings. The number of carbonyl (C=O) groups is 1. The van der Waals surface area contributed by atoms with Crippen molar-refractivity contribution in [2.24, 2.45) is 0 Å². The molecule has 2 rings (SSSR count). The molecule has 0 spiro atoms. The maximum absolute atomic E-state index is 13.1. The first-order valence-corrected chi connectivity index (χ1v) is 10.1. The summed E-state index contributed by atoms with van der Waals surface area (Å²) in [5, 5.41) is 19.8. The molecule has 2 aromatic carbocycles. The van der Waals surface area contributed by atoms with Crippen LogP contribution in [0.5, 0.6) is 0 Å². The molecule has 0 aliphatic carbocycles. The number of rotatable bonds is 8. The van der Waals surface area contributed by atoms with Crippen molar-refractivity contribution in [2.75, 3.05) is 10.8 Å². The zero-order chi connectivity index (χ0) is 20.2. The lowest BCUT2D eigenvalue weighted by molar-refractivity contribution is -0.384. The number of aliphatic carboxylic acids is 1. The third-order valence-electron chi connectivity index (χ3n) is 3.81. The minimum Gasteiger partial charge on any atom is -0.481 e.